The van der Waals surface area contributed by atoms with Crippen LogP contribution in [-0.4, -0.2) is 5.11 Å². The van der Waals surface area contributed by atoms with Crippen molar-refractivity contribution in [2.24, 2.45) is 0 Å². The van der Waals surface area contributed by atoms with Crippen LogP contribution >= 0.6 is 12.2 Å². The number of anilines is 1. The summed E-state index contributed by atoms with van der Waals surface area (Å²) in [5.41, 5.74) is 7.61. The largest absolute Gasteiger partial charge is 0.357 e. The van der Waals surface area contributed by atoms with Crippen LogP contribution in [0.4, 0.5) is 10.1 Å². The van der Waals surface area contributed by atoms with Crippen LogP contribution in [-0.2, 0) is 6.54 Å². The van der Waals surface area contributed by atoms with E-state index in [9.17, 15) is 4.39 Å². The van der Waals surface area contributed by atoms with Gasteiger partial charge in [0.05, 0.1) is 5.69 Å². The van der Waals surface area contributed by atoms with Crippen molar-refractivity contribution in [2.75, 3.05) is 5.43 Å². The molecule has 0 unspecified atom stereocenters. The molecule has 0 fully saturated rings. The van der Waals surface area contributed by atoms with Gasteiger partial charge in [-0.3, -0.25) is 10.9 Å². The lowest BCUT2D eigenvalue weighted by Gasteiger charge is -2.12. The average Bonchev–Trinajstić information content (AvgIpc) is 2.45. The first-order chi connectivity index (χ1) is 9.24. The standard InChI is InChI=1S/C14H14FN3S/c15-12-6-8-13(9-7-12)17-18-14(19)16-10-11-4-2-1-3-5-11/h1-9,17H,10H2,(H2,16,18,19). The first kappa shape index (κ1) is 13.3. The predicted octanol–water partition coefficient (Wildman–Crippen LogP) is 2.82. The number of benzene rings is 2. The number of halogens is 1. The summed E-state index contributed by atoms with van der Waals surface area (Å²) in [4.78, 5) is 0. The lowest BCUT2D eigenvalue weighted by Crippen LogP contribution is -2.38. The highest BCUT2D eigenvalue weighted by atomic mass is 32.1. The van der Waals surface area contributed by atoms with Crippen LogP contribution in [0.2, 0.25) is 0 Å². The summed E-state index contributed by atoms with van der Waals surface area (Å²) < 4.78 is 12.7. The summed E-state index contributed by atoms with van der Waals surface area (Å²) in [5.74, 6) is -0.268. The van der Waals surface area contributed by atoms with Gasteiger partial charge < -0.3 is 5.32 Å². The van der Waals surface area contributed by atoms with Gasteiger partial charge in [-0.2, -0.15) is 0 Å². The fraction of sp³-hybridized carbons (Fsp3) is 0.0714. The number of hydrazine groups is 1. The monoisotopic (exact) mass is 275 g/mol. The highest BCUT2D eigenvalue weighted by Crippen LogP contribution is 2.06. The highest BCUT2D eigenvalue weighted by molar-refractivity contribution is 7.80. The highest BCUT2D eigenvalue weighted by Gasteiger charge is 1.96. The van der Waals surface area contributed by atoms with Crippen molar-refractivity contribution in [1.29, 1.82) is 0 Å². The van der Waals surface area contributed by atoms with Crippen LogP contribution in [0.25, 0.3) is 0 Å². The number of thiocarbonyl (C=S) groups is 1. The number of hydrogen-bond donors (Lipinski definition) is 3. The molecule has 0 radical (unpaired) electrons. The molecule has 0 aliphatic heterocycles. The molecule has 0 amide bonds. The molecule has 0 spiro atoms. The van der Waals surface area contributed by atoms with E-state index in [1.54, 1.807) is 12.1 Å². The van der Waals surface area contributed by atoms with Crippen LogP contribution < -0.4 is 16.2 Å². The van der Waals surface area contributed by atoms with Gasteiger partial charge in [-0.05, 0) is 42.0 Å². The third-order valence-electron chi connectivity index (χ3n) is 2.46. The first-order valence-electron chi connectivity index (χ1n) is 5.83. The molecule has 0 aliphatic rings. The maximum absolute atomic E-state index is 12.7. The molecular formula is C14H14FN3S. The molecule has 19 heavy (non-hydrogen) atoms. The maximum atomic E-state index is 12.7. The Morgan fingerprint density at radius 3 is 2.37 bits per heavy atom. The zero-order chi connectivity index (χ0) is 13.5. The van der Waals surface area contributed by atoms with E-state index >= 15 is 0 Å². The molecule has 2 aromatic rings. The minimum Gasteiger partial charge on any atom is -0.357 e. The van der Waals surface area contributed by atoms with E-state index < -0.39 is 0 Å². The third-order valence-corrected chi connectivity index (χ3v) is 2.71. The molecular weight excluding hydrogens is 261 g/mol. The Balaban J connectivity index is 1.74. The van der Waals surface area contributed by atoms with E-state index in [0.29, 0.717) is 11.7 Å². The second-order valence-corrected chi connectivity index (χ2v) is 4.33. The van der Waals surface area contributed by atoms with Gasteiger partial charge >= 0.3 is 0 Å². The molecule has 3 nitrogen and oxygen atoms in total. The summed E-state index contributed by atoms with van der Waals surface area (Å²) in [7, 11) is 0. The van der Waals surface area contributed by atoms with Crippen molar-refractivity contribution in [2.45, 2.75) is 6.54 Å². The third kappa shape index (κ3) is 4.56. The van der Waals surface area contributed by atoms with Gasteiger partial charge in [-0.15, -0.1) is 0 Å². The molecule has 0 atom stereocenters. The fourth-order valence-corrected chi connectivity index (χ4v) is 1.61. The van der Waals surface area contributed by atoms with Crippen molar-refractivity contribution >= 4 is 23.0 Å². The molecule has 0 saturated heterocycles. The number of nitrogens with one attached hydrogen (secondary N) is 3. The zero-order valence-corrected chi connectivity index (χ0v) is 11.0. The molecule has 0 bridgehead atoms. The smallest absolute Gasteiger partial charge is 0.185 e. The number of hydrogen-bond acceptors (Lipinski definition) is 2. The minimum absolute atomic E-state index is 0.268. The van der Waals surface area contributed by atoms with Crippen LogP contribution in [0.15, 0.2) is 54.6 Å². The second kappa shape index (κ2) is 6.70. The lowest BCUT2D eigenvalue weighted by molar-refractivity contribution is 0.628. The van der Waals surface area contributed by atoms with Crippen molar-refractivity contribution in [1.82, 2.24) is 10.7 Å². The van der Waals surface area contributed by atoms with Crippen molar-refractivity contribution < 1.29 is 4.39 Å². The van der Waals surface area contributed by atoms with Gasteiger partial charge in [0.2, 0.25) is 0 Å². The summed E-state index contributed by atoms with van der Waals surface area (Å²) in [5, 5.41) is 3.54. The maximum Gasteiger partial charge on any atom is 0.185 e. The van der Waals surface area contributed by atoms with Gasteiger partial charge in [0.25, 0.3) is 0 Å². The van der Waals surface area contributed by atoms with E-state index in [4.69, 9.17) is 12.2 Å². The van der Waals surface area contributed by atoms with Crippen LogP contribution in [0.5, 0.6) is 0 Å². The van der Waals surface area contributed by atoms with E-state index in [1.807, 2.05) is 30.3 Å². The van der Waals surface area contributed by atoms with Crippen LogP contribution in [0.3, 0.4) is 0 Å². The molecule has 0 saturated carbocycles. The van der Waals surface area contributed by atoms with Crippen molar-refractivity contribution in [3.8, 4) is 0 Å². The second-order valence-electron chi connectivity index (χ2n) is 3.93. The Kier molecular flexibility index (Phi) is 4.69. The Hall–Kier alpha value is -2.14. The predicted molar refractivity (Wildman–Crippen MR) is 79.0 cm³/mol. The molecule has 0 aliphatic carbocycles. The Bertz CT molecular complexity index is 528. The van der Waals surface area contributed by atoms with E-state index in [1.165, 1.54) is 12.1 Å². The molecule has 3 N–H and O–H groups in total. The summed E-state index contributed by atoms with van der Waals surface area (Å²) in [6, 6.07) is 16.0. The first-order valence-corrected chi connectivity index (χ1v) is 6.24. The SMILES string of the molecule is Fc1ccc(NNC(=S)NCc2ccccc2)cc1. The van der Waals surface area contributed by atoms with Gasteiger partial charge in [0.15, 0.2) is 5.11 Å². The van der Waals surface area contributed by atoms with Gasteiger partial charge in [-0.25, -0.2) is 4.39 Å². The lowest BCUT2D eigenvalue weighted by atomic mass is 10.2. The average molecular weight is 275 g/mol. The van der Waals surface area contributed by atoms with Crippen molar-refractivity contribution in [3.05, 3.63) is 66.0 Å². The normalized spacial score (nSPS) is 9.74. The van der Waals surface area contributed by atoms with E-state index in [0.717, 1.165) is 11.3 Å². The molecule has 98 valence electrons. The number of rotatable bonds is 4. The minimum atomic E-state index is -0.268. The quantitative estimate of drug-likeness (QED) is 0.592. The molecule has 0 heterocycles. The van der Waals surface area contributed by atoms with E-state index in [2.05, 4.69) is 16.2 Å². The van der Waals surface area contributed by atoms with Crippen molar-refractivity contribution in [3.63, 3.8) is 0 Å². The summed E-state index contributed by atoms with van der Waals surface area (Å²) in [6.45, 7) is 0.651. The Morgan fingerprint density at radius 1 is 1.00 bits per heavy atom. The summed E-state index contributed by atoms with van der Waals surface area (Å²) in [6.07, 6.45) is 0. The Labute approximate surface area is 116 Å². The fourth-order valence-electron chi connectivity index (χ4n) is 1.48. The van der Waals surface area contributed by atoms with Gasteiger partial charge in [-0.1, -0.05) is 30.3 Å². The van der Waals surface area contributed by atoms with Crippen LogP contribution in [0, 0.1) is 5.82 Å². The van der Waals surface area contributed by atoms with Gasteiger partial charge in [0, 0.05) is 6.54 Å². The molecule has 0 aromatic heterocycles. The zero-order valence-electron chi connectivity index (χ0n) is 10.2. The molecule has 2 aromatic carbocycles. The topological polar surface area (TPSA) is 36.1 Å². The van der Waals surface area contributed by atoms with Gasteiger partial charge in [0.1, 0.15) is 5.82 Å². The Morgan fingerprint density at radius 2 is 1.68 bits per heavy atom. The summed E-state index contributed by atoms with van der Waals surface area (Å²) >= 11 is 5.12. The molecule has 5 heteroatoms. The van der Waals surface area contributed by atoms with E-state index in [-0.39, 0.29) is 5.82 Å². The molecule has 2 rings (SSSR count). The van der Waals surface area contributed by atoms with Crippen LogP contribution in [0.1, 0.15) is 5.56 Å².